The van der Waals surface area contributed by atoms with Gasteiger partial charge in [-0.3, -0.25) is 62.7 Å². The molecule has 0 aromatic rings. The third kappa shape index (κ3) is 30.3. The number of carbonyl (C=O) groups excluding carboxylic acids is 10. The van der Waals surface area contributed by atoms with Crippen molar-refractivity contribution < 1.29 is 67.7 Å². The Morgan fingerprint density at radius 2 is 0.810 bits per heavy atom. The minimum atomic E-state index is -1.74. The maximum atomic E-state index is 14.1. The largest absolute Gasteiger partial charge is 0.481 e. The molecule has 23 N–H and O–H groups in total. The molecule has 32 heteroatoms. The van der Waals surface area contributed by atoms with Crippen LogP contribution in [0.15, 0.2) is 9.98 Å². The van der Waals surface area contributed by atoms with Crippen LogP contribution in [0.5, 0.6) is 0 Å². The van der Waals surface area contributed by atoms with Gasteiger partial charge in [0.25, 0.3) is 0 Å². The molecule has 0 aliphatic heterocycles. The van der Waals surface area contributed by atoms with E-state index in [1.165, 1.54) is 32.5 Å². The number of rotatable bonds is 39. The topological polar surface area (TPSA) is 534 Å². The van der Waals surface area contributed by atoms with Crippen LogP contribution in [-0.4, -0.2) is 179 Å². The first-order chi connectivity index (χ1) is 36.8. The number of amides is 10. The lowest BCUT2D eigenvalue weighted by Gasteiger charge is -2.27. The summed E-state index contributed by atoms with van der Waals surface area (Å²) in [6.07, 6.45) is -0.299. The lowest BCUT2D eigenvalue weighted by molar-refractivity contribution is -0.143. The number of carboxylic acids is 2. The molecule has 0 radical (unpaired) electrons. The number of guanidine groups is 2. The van der Waals surface area contributed by atoms with Crippen LogP contribution in [0.2, 0.25) is 0 Å². The van der Waals surface area contributed by atoms with E-state index >= 15 is 0 Å². The van der Waals surface area contributed by atoms with E-state index in [1.54, 1.807) is 27.7 Å². The van der Waals surface area contributed by atoms with Crippen LogP contribution >= 0.6 is 11.8 Å². The lowest BCUT2D eigenvalue weighted by Crippen LogP contribution is -2.60. The van der Waals surface area contributed by atoms with Crippen molar-refractivity contribution in [1.29, 1.82) is 0 Å². The molecule has 0 rings (SSSR count). The van der Waals surface area contributed by atoms with Crippen molar-refractivity contribution in [2.45, 2.75) is 173 Å². The molecule has 0 aliphatic carbocycles. The van der Waals surface area contributed by atoms with Gasteiger partial charge >= 0.3 is 11.9 Å². The number of nitrogens with one attached hydrogen (secondary N) is 9. The van der Waals surface area contributed by atoms with Crippen LogP contribution < -0.4 is 82.3 Å². The minimum Gasteiger partial charge on any atom is -0.481 e. The van der Waals surface area contributed by atoms with Gasteiger partial charge in [-0.15, -0.1) is 0 Å². The summed E-state index contributed by atoms with van der Waals surface area (Å²) < 4.78 is 0. The second-order valence-corrected chi connectivity index (χ2v) is 20.4. The Balaban J connectivity index is 6.62. The molecule has 0 fully saturated rings. The molecule has 0 aromatic heterocycles. The molecular formula is C47H85N17O14S. The Bertz CT molecular complexity index is 2160. The van der Waals surface area contributed by atoms with Gasteiger partial charge in [0, 0.05) is 25.9 Å². The average Bonchev–Trinajstić information content (AvgIpc) is 3.34. The average molecular weight is 1140 g/mol. The Hall–Kier alpha value is -7.51. The van der Waals surface area contributed by atoms with Crippen LogP contribution in [0.4, 0.5) is 0 Å². The number of nitrogens with zero attached hydrogens (tertiary/aromatic N) is 2. The molecule has 0 bridgehead atoms. The Morgan fingerprint density at radius 1 is 0.456 bits per heavy atom. The van der Waals surface area contributed by atoms with Gasteiger partial charge in [0.1, 0.15) is 54.4 Å². The van der Waals surface area contributed by atoms with Gasteiger partial charge in [-0.2, -0.15) is 11.8 Å². The van der Waals surface area contributed by atoms with Gasteiger partial charge in [-0.05, 0) is 96.0 Å². The molecule has 31 nitrogen and oxygen atoms in total. The molecule has 0 saturated heterocycles. The molecule has 0 spiro atoms. The molecular weight excluding hydrogens is 1060 g/mol. The lowest BCUT2D eigenvalue weighted by atomic mass is 10.0. The van der Waals surface area contributed by atoms with Crippen LogP contribution in [0.1, 0.15) is 113 Å². The highest BCUT2D eigenvalue weighted by atomic mass is 32.2. The smallest absolute Gasteiger partial charge is 0.326 e. The third-order valence-electron chi connectivity index (χ3n) is 11.5. The van der Waals surface area contributed by atoms with Crippen LogP contribution in [0.25, 0.3) is 0 Å². The van der Waals surface area contributed by atoms with Gasteiger partial charge in [0.2, 0.25) is 59.1 Å². The van der Waals surface area contributed by atoms with Crippen molar-refractivity contribution in [3.63, 3.8) is 0 Å². The molecule has 0 aliphatic rings. The molecule has 0 unspecified atom stereocenters. The zero-order valence-corrected chi connectivity index (χ0v) is 47.0. The number of primary amides is 1. The third-order valence-corrected chi connectivity index (χ3v) is 12.1. The summed E-state index contributed by atoms with van der Waals surface area (Å²) in [5.41, 5.74) is 32.8. The molecule has 0 heterocycles. The summed E-state index contributed by atoms with van der Waals surface area (Å²) in [5.74, 6) is -12.4. The number of aliphatic carboxylic acids is 2. The number of hydrogen-bond acceptors (Lipinski definition) is 16. The SMILES string of the molecule is CSCC[C@H](NC(=O)[C@H](C)N)C(=O)N[C@@H](CC(C)C)C(=O)N[C@@H](C)C(=O)N[C@@H](C)C(=O)N[C@@H](CCC(N)=O)C(=O)N[C@@H](CCC(=O)O)C(=O)N[C@@H](CCCN=C(N)N)C(=O)N[C@@H](CCCN=C(N)N)C(=O)N[C@H](C(=O)O)C(C)C. The number of carbonyl (C=O) groups is 12. The minimum absolute atomic E-state index is 0.00840. The number of carboxylic acid groups (broad SMARTS) is 2. The standard InChI is InChI=1S/C47H85N17O14S/c1-22(2)21-32(63-42(74)31(17-20-79-8)58-36(68)24(5)48)44(76)57-25(6)37(69)56-26(7)38(70)59-29(13-15-33(49)65)40(72)62-30(14-16-34(66)67)41(73)60-27(11-9-18-54-46(50)51)39(71)61-28(12-10-19-55-47(52)53)43(75)64-35(23(3)4)45(77)78/h22-32,35H,9-21,48H2,1-8H3,(H2,49,65)(H,56,69)(H,57,76)(H,58,68)(H,59,70)(H,60,73)(H,61,71)(H,62,72)(H,63,74)(H,64,75)(H,66,67)(H,77,78)(H4,50,51,54)(H4,52,53,55)/t24-,25-,26-,27-,28-,29-,30-,31-,32-,35-/m0/s1. The fourth-order valence-electron chi connectivity index (χ4n) is 7.08. The Kier molecular flexibility index (Phi) is 33.8. The van der Waals surface area contributed by atoms with Gasteiger partial charge < -0.3 is 92.5 Å². The molecule has 448 valence electrons. The van der Waals surface area contributed by atoms with E-state index in [2.05, 4.69) is 57.8 Å². The van der Waals surface area contributed by atoms with Crippen molar-refractivity contribution in [2.24, 2.45) is 56.2 Å². The van der Waals surface area contributed by atoms with E-state index in [4.69, 9.17) is 34.4 Å². The summed E-state index contributed by atoms with van der Waals surface area (Å²) in [4.78, 5) is 165. The zero-order valence-electron chi connectivity index (χ0n) is 46.2. The predicted octanol–water partition coefficient (Wildman–Crippen LogP) is -5.49. The highest BCUT2D eigenvalue weighted by Crippen LogP contribution is 2.11. The second kappa shape index (κ2) is 37.3. The van der Waals surface area contributed by atoms with Crippen LogP contribution in [0.3, 0.4) is 0 Å². The predicted molar refractivity (Wildman–Crippen MR) is 292 cm³/mol. The quantitative estimate of drug-likeness (QED) is 0.0155. The summed E-state index contributed by atoms with van der Waals surface area (Å²) in [6, 6.07) is -13.6. The number of nitrogens with two attached hydrogens (primary N) is 6. The fraction of sp³-hybridized carbons (Fsp3) is 0.702. The van der Waals surface area contributed by atoms with Crippen molar-refractivity contribution in [3.05, 3.63) is 0 Å². The van der Waals surface area contributed by atoms with E-state index in [0.717, 1.165) is 0 Å². The molecule has 10 amide bonds. The van der Waals surface area contributed by atoms with Gasteiger partial charge in [-0.25, -0.2) is 4.79 Å². The second-order valence-electron chi connectivity index (χ2n) is 19.4. The maximum Gasteiger partial charge on any atom is 0.326 e. The first-order valence-electron chi connectivity index (χ1n) is 25.6. The van der Waals surface area contributed by atoms with E-state index in [-0.39, 0.29) is 69.5 Å². The van der Waals surface area contributed by atoms with E-state index in [1.807, 2.05) is 6.26 Å². The first kappa shape index (κ1) is 71.5. The zero-order chi connectivity index (χ0) is 60.7. The number of hydrogen-bond donors (Lipinski definition) is 17. The van der Waals surface area contributed by atoms with Crippen LogP contribution in [-0.2, 0) is 57.5 Å². The maximum absolute atomic E-state index is 14.1. The summed E-state index contributed by atoms with van der Waals surface area (Å²) in [6.45, 7) is 10.6. The Morgan fingerprint density at radius 3 is 1.19 bits per heavy atom. The van der Waals surface area contributed by atoms with Gasteiger partial charge in [0.15, 0.2) is 11.9 Å². The molecule has 0 aromatic carbocycles. The molecule has 10 atom stereocenters. The van der Waals surface area contributed by atoms with E-state index in [9.17, 15) is 67.7 Å². The summed E-state index contributed by atoms with van der Waals surface area (Å²) in [7, 11) is 0. The van der Waals surface area contributed by atoms with Crippen molar-refractivity contribution in [2.75, 3.05) is 25.1 Å². The summed E-state index contributed by atoms with van der Waals surface area (Å²) in [5, 5.41) is 41.5. The normalized spacial score (nSPS) is 14.8. The van der Waals surface area contributed by atoms with Crippen molar-refractivity contribution >= 4 is 94.7 Å². The van der Waals surface area contributed by atoms with Crippen LogP contribution in [0, 0.1) is 11.8 Å². The first-order valence-corrected chi connectivity index (χ1v) is 27.0. The molecule has 0 saturated carbocycles. The van der Waals surface area contributed by atoms with Crippen molar-refractivity contribution in [1.82, 2.24) is 47.9 Å². The number of aliphatic imine (C=N–C) groups is 2. The highest BCUT2D eigenvalue weighted by Gasteiger charge is 2.35. The fourth-order valence-corrected chi connectivity index (χ4v) is 7.56. The van der Waals surface area contributed by atoms with E-state index in [0.29, 0.717) is 5.75 Å². The monoisotopic (exact) mass is 1140 g/mol. The molecule has 79 heavy (non-hydrogen) atoms. The number of thioether (sulfide) groups is 1. The Labute approximate surface area is 463 Å². The van der Waals surface area contributed by atoms with Gasteiger partial charge in [0.05, 0.1) is 6.04 Å². The highest BCUT2D eigenvalue weighted by molar-refractivity contribution is 7.98. The summed E-state index contributed by atoms with van der Waals surface area (Å²) >= 11 is 1.43. The van der Waals surface area contributed by atoms with Crippen molar-refractivity contribution in [3.8, 4) is 0 Å². The van der Waals surface area contributed by atoms with E-state index < -0.39 is 163 Å². The van der Waals surface area contributed by atoms with Gasteiger partial charge in [-0.1, -0.05) is 27.7 Å².